The van der Waals surface area contributed by atoms with Crippen molar-refractivity contribution in [3.05, 3.63) is 191 Å². The van der Waals surface area contributed by atoms with Gasteiger partial charge in [-0.1, -0.05) is 134 Å². The van der Waals surface area contributed by atoms with Crippen LogP contribution in [0, 0.1) is 46.8 Å². The fourth-order valence-corrected chi connectivity index (χ4v) is 8.20. The van der Waals surface area contributed by atoms with E-state index in [1.54, 1.807) is 0 Å². The summed E-state index contributed by atoms with van der Waals surface area (Å²) in [5.41, 5.74) is 23.6. The Morgan fingerprint density at radius 3 is 1.34 bits per heavy atom. The van der Waals surface area contributed by atoms with Gasteiger partial charge in [-0.3, -0.25) is 0 Å². The molecule has 0 bridgehead atoms. The summed E-state index contributed by atoms with van der Waals surface area (Å²) < 4.78 is 0. The van der Waals surface area contributed by atoms with Gasteiger partial charge in [0.05, 0.1) is 0 Å². The number of pyridine rings is 2. The minimum absolute atomic E-state index is 0. The first-order valence-corrected chi connectivity index (χ1v) is 19.8. The standard InChI is InChI=1S/C55H48N2.2Ir/c1-35-32-51(57-34-50(35)40-16-10-9-11-17-40)43-26-22-41(23-27-43)46-18-12-14-20-48(46)53-36(2)38(4)54(39(5)37(53)3)49-21-15-13-19-47(49)42-24-28-44(29-25-42)52-33-45(30-31-56-52)55(6,7)8;;/h9-26,28,30-34H,1-8H3;;/q-2;;. The van der Waals surface area contributed by atoms with Crippen molar-refractivity contribution in [1.29, 1.82) is 0 Å². The van der Waals surface area contributed by atoms with Gasteiger partial charge in [0.15, 0.2) is 0 Å². The number of hydrogen-bond donors (Lipinski definition) is 0. The smallest absolute Gasteiger partial charge is 0.0242 e. The summed E-state index contributed by atoms with van der Waals surface area (Å²) in [4.78, 5) is 9.53. The van der Waals surface area contributed by atoms with Gasteiger partial charge in [-0.2, -0.15) is 0 Å². The number of benzene rings is 6. The molecule has 0 amide bonds. The summed E-state index contributed by atoms with van der Waals surface area (Å²) in [5, 5.41) is 0. The molecule has 0 spiro atoms. The van der Waals surface area contributed by atoms with Gasteiger partial charge in [0.25, 0.3) is 0 Å². The van der Waals surface area contributed by atoms with Crippen LogP contribution in [0.15, 0.2) is 146 Å². The second-order valence-corrected chi connectivity index (χ2v) is 16.3. The van der Waals surface area contributed by atoms with Crippen molar-refractivity contribution < 1.29 is 40.2 Å². The van der Waals surface area contributed by atoms with Crippen molar-refractivity contribution in [3.8, 4) is 78.1 Å². The van der Waals surface area contributed by atoms with Crippen molar-refractivity contribution in [2.75, 3.05) is 0 Å². The van der Waals surface area contributed by atoms with Crippen LogP contribution in [0.4, 0.5) is 0 Å². The fraction of sp³-hybridized carbons (Fsp3) is 0.164. The van der Waals surface area contributed by atoms with Crippen LogP contribution in [-0.2, 0) is 45.6 Å². The van der Waals surface area contributed by atoms with E-state index in [0.717, 1.165) is 39.2 Å². The summed E-state index contributed by atoms with van der Waals surface area (Å²) in [7, 11) is 0. The molecule has 0 aliphatic rings. The molecule has 59 heavy (non-hydrogen) atoms. The van der Waals surface area contributed by atoms with E-state index in [-0.39, 0.29) is 45.6 Å². The maximum Gasteiger partial charge on any atom is 0.0242 e. The maximum atomic E-state index is 4.85. The van der Waals surface area contributed by atoms with E-state index >= 15 is 0 Å². The Morgan fingerprint density at radius 1 is 0.441 bits per heavy atom. The third-order valence-electron chi connectivity index (χ3n) is 11.6. The van der Waals surface area contributed by atoms with E-state index in [9.17, 15) is 0 Å². The first-order valence-electron chi connectivity index (χ1n) is 19.8. The molecule has 2 radical (unpaired) electrons. The summed E-state index contributed by atoms with van der Waals surface area (Å²) in [6.07, 6.45) is 3.89. The van der Waals surface area contributed by atoms with E-state index in [4.69, 9.17) is 4.98 Å². The quantitative estimate of drug-likeness (QED) is 0.149. The molecule has 298 valence electrons. The average Bonchev–Trinajstić information content (AvgIpc) is 3.24. The Hall–Kier alpha value is -5.08. The van der Waals surface area contributed by atoms with Crippen LogP contribution in [0.25, 0.3) is 78.1 Å². The second-order valence-electron chi connectivity index (χ2n) is 16.3. The molecule has 0 atom stereocenters. The van der Waals surface area contributed by atoms with Gasteiger partial charge in [-0.05, 0) is 119 Å². The zero-order chi connectivity index (χ0) is 39.8. The van der Waals surface area contributed by atoms with Crippen LogP contribution in [0.3, 0.4) is 0 Å². The van der Waals surface area contributed by atoms with E-state index in [0.29, 0.717) is 0 Å². The van der Waals surface area contributed by atoms with Gasteiger partial charge in [0, 0.05) is 58.2 Å². The van der Waals surface area contributed by atoms with E-state index < -0.39 is 0 Å². The molecule has 4 heteroatoms. The third-order valence-corrected chi connectivity index (χ3v) is 11.6. The van der Waals surface area contributed by atoms with Crippen molar-refractivity contribution in [2.24, 2.45) is 0 Å². The topological polar surface area (TPSA) is 25.8 Å². The van der Waals surface area contributed by atoms with E-state index in [1.165, 1.54) is 72.3 Å². The van der Waals surface area contributed by atoms with Crippen molar-refractivity contribution in [1.82, 2.24) is 9.97 Å². The van der Waals surface area contributed by atoms with Crippen molar-refractivity contribution in [3.63, 3.8) is 0 Å². The second kappa shape index (κ2) is 18.0. The Bertz CT molecular complexity index is 2710. The number of nitrogens with zero attached hydrogens (tertiary/aromatic N) is 2. The molecule has 2 heterocycles. The van der Waals surface area contributed by atoms with E-state index in [2.05, 4.69) is 200 Å². The fourth-order valence-electron chi connectivity index (χ4n) is 8.20. The monoisotopic (exact) mass is 1120 g/mol. The molecule has 8 rings (SSSR count). The van der Waals surface area contributed by atoms with Gasteiger partial charge < -0.3 is 9.97 Å². The molecule has 0 N–H and O–H groups in total. The van der Waals surface area contributed by atoms with Crippen LogP contribution < -0.4 is 0 Å². The zero-order valence-electron chi connectivity index (χ0n) is 34.9. The van der Waals surface area contributed by atoms with Crippen LogP contribution in [0.5, 0.6) is 0 Å². The SMILES string of the molecule is Cc1cc(-c2[c-]cc(-c3ccccc3-c3c(C)c(C)c(-c4ccccc4-c4c[c-]c(-c5cc(C(C)(C)C)ccn5)cc4)c(C)c3C)cc2)ncc1-c1ccccc1.[Ir].[Ir]. The molecule has 0 saturated carbocycles. The van der Waals surface area contributed by atoms with Gasteiger partial charge >= 0.3 is 0 Å². The molecule has 0 fully saturated rings. The number of hydrogen-bond acceptors (Lipinski definition) is 2. The largest absolute Gasteiger partial charge is 0.305 e. The van der Waals surface area contributed by atoms with Crippen LogP contribution in [0.1, 0.15) is 54.2 Å². The Balaban J connectivity index is 0.00000293. The first kappa shape index (κ1) is 43.5. The van der Waals surface area contributed by atoms with Gasteiger partial charge in [-0.25, -0.2) is 0 Å². The van der Waals surface area contributed by atoms with Gasteiger partial charge in [0.1, 0.15) is 0 Å². The van der Waals surface area contributed by atoms with Crippen molar-refractivity contribution in [2.45, 2.75) is 60.8 Å². The maximum absolute atomic E-state index is 4.85. The summed E-state index contributed by atoms with van der Waals surface area (Å²) in [6, 6.07) is 54.6. The molecular formula is C55H48Ir2N2-2. The molecule has 0 aliphatic heterocycles. The normalized spacial score (nSPS) is 11.1. The Labute approximate surface area is 378 Å². The van der Waals surface area contributed by atoms with Gasteiger partial charge in [-0.15, -0.1) is 59.7 Å². The minimum atomic E-state index is 0. The molecule has 0 unspecified atom stereocenters. The van der Waals surface area contributed by atoms with Crippen LogP contribution in [-0.4, -0.2) is 9.97 Å². The van der Waals surface area contributed by atoms with Crippen LogP contribution in [0.2, 0.25) is 0 Å². The van der Waals surface area contributed by atoms with E-state index in [1.807, 2.05) is 18.5 Å². The zero-order valence-corrected chi connectivity index (χ0v) is 39.7. The third kappa shape index (κ3) is 8.65. The molecule has 2 nitrogen and oxygen atoms in total. The molecule has 2 aromatic heterocycles. The van der Waals surface area contributed by atoms with Gasteiger partial charge in [0.2, 0.25) is 0 Å². The Morgan fingerprint density at radius 2 is 0.898 bits per heavy atom. The molecule has 8 aromatic rings. The molecule has 6 aromatic carbocycles. The molecule has 0 saturated heterocycles. The summed E-state index contributed by atoms with van der Waals surface area (Å²) in [6.45, 7) is 18.0. The molecule has 0 aliphatic carbocycles. The van der Waals surface area contributed by atoms with Crippen molar-refractivity contribution >= 4 is 0 Å². The van der Waals surface area contributed by atoms with Crippen LogP contribution >= 0.6 is 0 Å². The molecular weight excluding hydrogens is 1070 g/mol. The summed E-state index contributed by atoms with van der Waals surface area (Å²) >= 11 is 0. The average molecular weight is 1120 g/mol. The predicted octanol–water partition coefficient (Wildman–Crippen LogP) is 14.6. The number of aryl methyl sites for hydroxylation is 1. The predicted molar refractivity (Wildman–Crippen MR) is 240 cm³/mol. The first-order chi connectivity index (χ1) is 27.5. The number of rotatable bonds is 7. The minimum Gasteiger partial charge on any atom is -0.305 e. The number of aromatic nitrogens is 2. The Kier molecular flexibility index (Phi) is 13.3. The summed E-state index contributed by atoms with van der Waals surface area (Å²) in [5.74, 6) is 0.